The number of nitrogen functional groups attached to an aromatic ring is 1. The fourth-order valence-electron chi connectivity index (χ4n) is 2.00. The molecule has 0 fully saturated rings. The predicted molar refractivity (Wildman–Crippen MR) is 79.2 cm³/mol. The Hall–Kier alpha value is -1.85. The fraction of sp³-hybridized carbons (Fsp3) is 0.154. The van der Waals surface area contributed by atoms with Gasteiger partial charge in [-0.15, -0.1) is 5.10 Å². The lowest BCUT2D eigenvalue weighted by Gasteiger charge is -2.10. The molecule has 2 N–H and O–H groups in total. The molecule has 1 aromatic carbocycles. The molecule has 0 aliphatic heterocycles. The van der Waals surface area contributed by atoms with Crippen molar-refractivity contribution in [1.82, 2.24) is 19.6 Å². The second kappa shape index (κ2) is 4.92. The van der Waals surface area contributed by atoms with Gasteiger partial charge in [0.1, 0.15) is 5.82 Å². The smallest absolute Gasteiger partial charge is 0.254 e. The van der Waals surface area contributed by atoms with E-state index in [1.54, 1.807) is 24.4 Å². The minimum absolute atomic E-state index is 0.0825. The molecule has 3 rings (SSSR count). The Kier molecular flexibility index (Phi) is 3.23. The van der Waals surface area contributed by atoms with E-state index >= 15 is 0 Å². The van der Waals surface area contributed by atoms with Crippen LogP contribution in [-0.2, 0) is 0 Å². The van der Waals surface area contributed by atoms with Crippen LogP contribution < -0.4 is 5.73 Å². The molecule has 0 spiro atoms. The van der Waals surface area contributed by atoms with E-state index in [0.717, 1.165) is 5.56 Å². The van der Waals surface area contributed by atoms with Crippen LogP contribution in [0.2, 0.25) is 10.0 Å². The molecule has 0 unspecified atom stereocenters. The van der Waals surface area contributed by atoms with E-state index in [-0.39, 0.29) is 5.92 Å². The van der Waals surface area contributed by atoms with Crippen molar-refractivity contribution in [1.29, 1.82) is 0 Å². The van der Waals surface area contributed by atoms with E-state index in [0.29, 0.717) is 27.5 Å². The summed E-state index contributed by atoms with van der Waals surface area (Å²) in [5.74, 6) is 1.49. The molecule has 0 amide bonds. The maximum Gasteiger partial charge on any atom is 0.254 e. The molecular formula is C13H11Cl2N5. The van der Waals surface area contributed by atoms with Crippen LogP contribution in [0.5, 0.6) is 0 Å². The number of fused-ring (bicyclic) bond motifs is 1. The number of hydrogen-bond acceptors (Lipinski definition) is 4. The van der Waals surface area contributed by atoms with Gasteiger partial charge in [0.15, 0.2) is 5.82 Å². The molecule has 0 bridgehead atoms. The molecular weight excluding hydrogens is 297 g/mol. The van der Waals surface area contributed by atoms with Crippen molar-refractivity contribution in [2.24, 2.45) is 0 Å². The van der Waals surface area contributed by atoms with Crippen molar-refractivity contribution in [3.05, 3.63) is 51.9 Å². The van der Waals surface area contributed by atoms with Crippen molar-refractivity contribution in [3.8, 4) is 0 Å². The third-order valence-electron chi connectivity index (χ3n) is 3.10. The number of benzene rings is 1. The molecule has 5 nitrogen and oxygen atoms in total. The molecule has 0 aliphatic rings. The standard InChI is InChI=1S/C13H11Cl2N5/c1-7(9-3-2-8(14)6-10(9)15)12-18-13-17-5-4-11(16)20(13)19-12/h2-7H,16H2,1H3/t7-/m1/s1. The summed E-state index contributed by atoms with van der Waals surface area (Å²) in [6.45, 7) is 1.97. The number of nitrogens with zero attached hydrogens (tertiary/aromatic N) is 4. The minimum Gasteiger partial charge on any atom is -0.383 e. The van der Waals surface area contributed by atoms with Crippen LogP contribution in [0.25, 0.3) is 5.78 Å². The van der Waals surface area contributed by atoms with Crippen LogP contribution in [0.1, 0.15) is 24.2 Å². The Labute approximate surface area is 125 Å². The molecule has 0 radical (unpaired) electrons. The van der Waals surface area contributed by atoms with Gasteiger partial charge < -0.3 is 5.73 Å². The van der Waals surface area contributed by atoms with Crippen LogP contribution in [0.4, 0.5) is 5.82 Å². The van der Waals surface area contributed by atoms with E-state index in [4.69, 9.17) is 28.9 Å². The second-order valence-corrected chi connectivity index (χ2v) is 5.28. The highest BCUT2D eigenvalue weighted by atomic mass is 35.5. The summed E-state index contributed by atoms with van der Waals surface area (Å²) in [5.41, 5.74) is 6.74. The van der Waals surface area contributed by atoms with Gasteiger partial charge in [0.05, 0.1) is 0 Å². The van der Waals surface area contributed by atoms with E-state index in [1.165, 1.54) is 4.52 Å². The highest BCUT2D eigenvalue weighted by molar-refractivity contribution is 6.35. The summed E-state index contributed by atoms with van der Waals surface area (Å²) in [6, 6.07) is 7.04. The molecule has 102 valence electrons. The van der Waals surface area contributed by atoms with E-state index < -0.39 is 0 Å². The predicted octanol–water partition coefficient (Wildman–Crippen LogP) is 3.17. The highest BCUT2D eigenvalue weighted by Gasteiger charge is 2.18. The summed E-state index contributed by atoms with van der Waals surface area (Å²) in [6.07, 6.45) is 1.60. The van der Waals surface area contributed by atoms with Crippen molar-refractivity contribution in [2.75, 3.05) is 5.73 Å². The van der Waals surface area contributed by atoms with Gasteiger partial charge in [0, 0.05) is 22.2 Å². The molecule has 2 aromatic heterocycles. The van der Waals surface area contributed by atoms with Gasteiger partial charge >= 0.3 is 0 Å². The van der Waals surface area contributed by atoms with Gasteiger partial charge in [-0.2, -0.15) is 9.50 Å². The Morgan fingerprint density at radius 3 is 2.75 bits per heavy atom. The zero-order chi connectivity index (χ0) is 14.3. The van der Waals surface area contributed by atoms with Crippen molar-refractivity contribution in [2.45, 2.75) is 12.8 Å². The highest BCUT2D eigenvalue weighted by Crippen LogP contribution is 2.30. The van der Waals surface area contributed by atoms with Crippen molar-refractivity contribution in [3.63, 3.8) is 0 Å². The molecule has 0 saturated heterocycles. The Morgan fingerprint density at radius 1 is 1.25 bits per heavy atom. The number of anilines is 1. The average Bonchev–Trinajstić information content (AvgIpc) is 2.83. The molecule has 20 heavy (non-hydrogen) atoms. The first-order chi connectivity index (χ1) is 9.56. The van der Waals surface area contributed by atoms with Crippen molar-refractivity contribution < 1.29 is 0 Å². The molecule has 7 heteroatoms. The maximum absolute atomic E-state index is 6.22. The lowest BCUT2D eigenvalue weighted by molar-refractivity contribution is 0.803. The number of halogens is 2. The van der Waals surface area contributed by atoms with Crippen LogP contribution in [-0.4, -0.2) is 19.6 Å². The SMILES string of the molecule is C[C@@H](c1nc2nccc(N)n2n1)c1ccc(Cl)cc1Cl. The first-order valence-corrected chi connectivity index (χ1v) is 6.74. The fourth-order valence-corrected chi connectivity index (χ4v) is 2.57. The summed E-state index contributed by atoms with van der Waals surface area (Å²) in [5, 5.41) is 5.56. The first-order valence-electron chi connectivity index (χ1n) is 5.98. The second-order valence-electron chi connectivity index (χ2n) is 4.44. The van der Waals surface area contributed by atoms with Crippen LogP contribution in [0.3, 0.4) is 0 Å². The zero-order valence-corrected chi connectivity index (χ0v) is 12.1. The largest absolute Gasteiger partial charge is 0.383 e. The maximum atomic E-state index is 6.22. The third-order valence-corrected chi connectivity index (χ3v) is 3.67. The zero-order valence-electron chi connectivity index (χ0n) is 10.6. The quantitative estimate of drug-likeness (QED) is 0.789. The van der Waals surface area contributed by atoms with E-state index in [1.807, 2.05) is 13.0 Å². The molecule has 0 saturated carbocycles. The van der Waals surface area contributed by atoms with Crippen LogP contribution >= 0.6 is 23.2 Å². The van der Waals surface area contributed by atoms with Gasteiger partial charge in [-0.1, -0.05) is 36.2 Å². The number of nitrogens with two attached hydrogens (primary N) is 1. The number of hydrogen-bond donors (Lipinski definition) is 1. The molecule has 2 heterocycles. The lowest BCUT2D eigenvalue weighted by Crippen LogP contribution is -2.02. The Balaban J connectivity index is 2.08. The summed E-state index contributed by atoms with van der Waals surface area (Å²) in [7, 11) is 0. The van der Waals surface area contributed by atoms with Crippen LogP contribution in [0.15, 0.2) is 30.5 Å². The lowest BCUT2D eigenvalue weighted by atomic mass is 10.0. The molecule has 3 aromatic rings. The Bertz CT molecular complexity index is 784. The summed E-state index contributed by atoms with van der Waals surface area (Å²) >= 11 is 12.1. The Morgan fingerprint density at radius 2 is 2.05 bits per heavy atom. The van der Waals surface area contributed by atoms with Crippen LogP contribution in [0, 0.1) is 0 Å². The molecule has 0 aliphatic carbocycles. The molecule has 1 atom stereocenters. The van der Waals surface area contributed by atoms with Gasteiger partial charge in [0.2, 0.25) is 0 Å². The van der Waals surface area contributed by atoms with Gasteiger partial charge in [-0.3, -0.25) is 0 Å². The van der Waals surface area contributed by atoms with Gasteiger partial charge in [-0.25, -0.2) is 4.98 Å². The van der Waals surface area contributed by atoms with Gasteiger partial charge in [-0.05, 0) is 23.8 Å². The average molecular weight is 308 g/mol. The normalized spacial score (nSPS) is 12.8. The van der Waals surface area contributed by atoms with Gasteiger partial charge in [0.25, 0.3) is 5.78 Å². The number of rotatable bonds is 2. The van der Waals surface area contributed by atoms with E-state index in [2.05, 4.69) is 15.1 Å². The third kappa shape index (κ3) is 2.19. The topological polar surface area (TPSA) is 69.1 Å². The minimum atomic E-state index is -0.0825. The van der Waals surface area contributed by atoms with Crippen molar-refractivity contribution >= 4 is 34.8 Å². The van der Waals surface area contributed by atoms with E-state index in [9.17, 15) is 0 Å². The summed E-state index contributed by atoms with van der Waals surface area (Å²) in [4.78, 5) is 8.51. The summed E-state index contributed by atoms with van der Waals surface area (Å²) < 4.78 is 1.51. The first kappa shape index (κ1) is 13.1. The monoisotopic (exact) mass is 307 g/mol. The number of aromatic nitrogens is 4.